The number of rotatable bonds is 0. The molecule has 1 heterocycles. The van der Waals surface area contributed by atoms with Crippen LogP contribution in [0, 0.1) is 18.3 Å². The van der Waals surface area contributed by atoms with Gasteiger partial charge in [-0.15, -0.1) is 0 Å². The maximum atomic E-state index is 8.85. The van der Waals surface area contributed by atoms with Crippen LogP contribution in [0.2, 0.25) is 0 Å². The lowest BCUT2D eigenvalue weighted by molar-refractivity contribution is 0.355. The third-order valence-corrected chi connectivity index (χ3v) is 2.14. The zero-order valence-corrected chi connectivity index (χ0v) is 7.37. The lowest BCUT2D eigenvalue weighted by Crippen LogP contribution is -2.05. The van der Waals surface area contributed by atoms with Gasteiger partial charge in [-0.25, -0.2) is 0 Å². The van der Waals surface area contributed by atoms with E-state index < -0.39 is 0 Å². The Bertz CT molecular complexity index is 413. The van der Waals surface area contributed by atoms with Crippen LogP contribution in [0.15, 0.2) is 24.3 Å². The lowest BCUT2D eigenvalue weighted by Gasteiger charge is -2.16. The summed E-state index contributed by atoms with van der Waals surface area (Å²) >= 11 is 0. The fourth-order valence-electron chi connectivity index (χ4n) is 1.48. The minimum absolute atomic E-state index is 0.501. The normalized spacial score (nSPS) is 13.7. The average Bonchev–Trinajstić information content (AvgIpc) is 2.18. The molecule has 0 aromatic heterocycles. The number of aryl methyl sites for hydroxylation is 1. The van der Waals surface area contributed by atoms with Crippen molar-refractivity contribution in [2.24, 2.45) is 0 Å². The number of nitrogens with zero attached hydrogens (tertiary/aromatic N) is 1. The number of ether oxygens (including phenoxy) is 1. The van der Waals surface area contributed by atoms with Gasteiger partial charge >= 0.3 is 0 Å². The van der Waals surface area contributed by atoms with E-state index in [1.807, 2.05) is 31.2 Å². The molecule has 0 bridgehead atoms. The summed E-state index contributed by atoms with van der Waals surface area (Å²) in [5.41, 5.74) is 2.71. The molecule has 0 N–H and O–H groups in total. The summed E-state index contributed by atoms with van der Waals surface area (Å²) in [5, 5.41) is 8.85. The van der Waals surface area contributed by atoms with E-state index in [9.17, 15) is 0 Å². The van der Waals surface area contributed by atoms with Gasteiger partial charge in [0.1, 0.15) is 12.4 Å². The van der Waals surface area contributed by atoms with Crippen LogP contribution >= 0.6 is 0 Å². The van der Waals surface area contributed by atoms with Gasteiger partial charge in [0.2, 0.25) is 0 Å². The SMILES string of the molecule is Cc1cccc2c1OCC=C2C#N. The molecule has 64 valence electrons. The van der Waals surface area contributed by atoms with Crippen molar-refractivity contribution in [3.63, 3.8) is 0 Å². The van der Waals surface area contributed by atoms with Crippen molar-refractivity contribution < 1.29 is 4.74 Å². The van der Waals surface area contributed by atoms with Crippen LogP contribution in [-0.2, 0) is 0 Å². The van der Waals surface area contributed by atoms with Crippen LogP contribution in [-0.4, -0.2) is 6.61 Å². The second-order valence-electron chi connectivity index (χ2n) is 2.99. The number of nitriles is 1. The molecule has 0 amide bonds. The molecule has 1 aliphatic heterocycles. The number of fused-ring (bicyclic) bond motifs is 1. The molecule has 0 atom stereocenters. The molecular weight excluding hydrogens is 162 g/mol. The van der Waals surface area contributed by atoms with Gasteiger partial charge < -0.3 is 4.74 Å². The molecule has 1 aliphatic rings. The molecule has 1 aromatic carbocycles. The smallest absolute Gasteiger partial charge is 0.131 e. The Hall–Kier alpha value is -1.75. The van der Waals surface area contributed by atoms with E-state index in [2.05, 4.69) is 6.07 Å². The second kappa shape index (κ2) is 2.95. The van der Waals surface area contributed by atoms with Gasteiger partial charge in [-0.1, -0.05) is 12.1 Å². The van der Waals surface area contributed by atoms with Gasteiger partial charge in [-0.05, 0) is 24.6 Å². The van der Waals surface area contributed by atoms with Crippen molar-refractivity contribution in [2.45, 2.75) is 6.92 Å². The number of hydrogen-bond donors (Lipinski definition) is 0. The molecule has 0 aliphatic carbocycles. The quantitative estimate of drug-likeness (QED) is 0.600. The van der Waals surface area contributed by atoms with Gasteiger partial charge in [-0.2, -0.15) is 5.26 Å². The lowest BCUT2D eigenvalue weighted by atomic mass is 10.0. The van der Waals surface area contributed by atoms with Crippen molar-refractivity contribution in [3.05, 3.63) is 35.4 Å². The van der Waals surface area contributed by atoms with Gasteiger partial charge in [0, 0.05) is 5.56 Å². The Kier molecular flexibility index (Phi) is 1.79. The van der Waals surface area contributed by atoms with Gasteiger partial charge in [-0.3, -0.25) is 0 Å². The molecule has 0 spiro atoms. The van der Waals surface area contributed by atoms with Crippen molar-refractivity contribution in [1.29, 1.82) is 5.26 Å². The summed E-state index contributed by atoms with van der Waals surface area (Å²) in [6.45, 7) is 2.49. The van der Waals surface area contributed by atoms with Gasteiger partial charge in [0.05, 0.1) is 11.6 Å². The average molecular weight is 171 g/mol. The monoisotopic (exact) mass is 171 g/mol. The largest absolute Gasteiger partial charge is 0.489 e. The zero-order valence-electron chi connectivity index (χ0n) is 7.37. The van der Waals surface area contributed by atoms with Crippen molar-refractivity contribution in [1.82, 2.24) is 0 Å². The highest BCUT2D eigenvalue weighted by molar-refractivity contribution is 5.82. The molecule has 0 fully saturated rings. The predicted molar refractivity (Wildman–Crippen MR) is 50.3 cm³/mol. The summed E-state index contributed by atoms with van der Waals surface area (Å²) < 4.78 is 5.46. The second-order valence-corrected chi connectivity index (χ2v) is 2.99. The summed E-state index contributed by atoms with van der Waals surface area (Å²) in [5.74, 6) is 0.849. The highest BCUT2D eigenvalue weighted by Gasteiger charge is 2.14. The number of allylic oxidation sites excluding steroid dienone is 1. The highest BCUT2D eigenvalue weighted by Crippen LogP contribution is 2.31. The van der Waals surface area contributed by atoms with Crippen LogP contribution in [0.3, 0.4) is 0 Å². The summed E-state index contributed by atoms with van der Waals surface area (Å²) in [4.78, 5) is 0. The molecular formula is C11H9NO. The number of benzene rings is 1. The third kappa shape index (κ3) is 1.19. The first kappa shape index (κ1) is 7.88. The standard InChI is InChI=1S/C11H9NO/c1-8-3-2-4-10-9(7-12)5-6-13-11(8)10/h2-5H,6H2,1H3. The molecule has 1 aromatic rings. The molecule has 13 heavy (non-hydrogen) atoms. The van der Waals surface area contributed by atoms with Crippen LogP contribution < -0.4 is 4.74 Å². The van der Waals surface area contributed by atoms with Crippen LogP contribution in [0.1, 0.15) is 11.1 Å². The van der Waals surface area contributed by atoms with E-state index >= 15 is 0 Å². The Morgan fingerprint density at radius 1 is 1.46 bits per heavy atom. The zero-order chi connectivity index (χ0) is 9.26. The predicted octanol–water partition coefficient (Wildman–Crippen LogP) is 2.29. The van der Waals surface area contributed by atoms with Crippen molar-refractivity contribution in [2.75, 3.05) is 6.61 Å². The first-order chi connectivity index (χ1) is 6.33. The molecule has 2 heteroatoms. The summed E-state index contributed by atoms with van der Waals surface area (Å²) in [6.07, 6.45) is 1.81. The molecule has 2 nitrogen and oxygen atoms in total. The van der Waals surface area contributed by atoms with Crippen LogP contribution in [0.25, 0.3) is 5.57 Å². The third-order valence-electron chi connectivity index (χ3n) is 2.14. The van der Waals surface area contributed by atoms with Crippen LogP contribution in [0.5, 0.6) is 5.75 Å². The van der Waals surface area contributed by atoms with Crippen molar-refractivity contribution >= 4 is 5.57 Å². The van der Waals surface area contributed by atoms with Crippen LogP contribution in [0.4, 0.5) is 0 Å². The maximum absolute atomic E-state index is 8.85. The minimum Gasteiger partial charge on any atom is -0.489 e. The molecule has 0 unspecified atom stereocenters. The fourth-order valence-corrected chi connectivity index (χ4v) is 1.48. The van der Waals surface area contributed by atoms with E-state index in [1.165, 1.54) is 0 Å². The van der Waals surface area contributed by atoms with E-state index in [-0.39, 0.29) is 0 Å². The number of para-hydroxylation sites is 1. The Morgan fingerprint density at radius 3 is 3.08 bits per heavy atom. The van der Waals surface area contributed by atoms with E-state index in [0.29, 0.717) is 12.2 Å². The minimum atomic E-state index is 0.501. The summed E-state index contributed by atoms with van der Waals surface area (Å²) in [7, 11) is 0. The topological polar surface area (TPSA) is 33.0 Å². The Balaban J connectivity index is 2.63. The Labute approximate surface area is 77.1 Å². The first-order valence-electron chi connectivity index (χ1n) is 4.16. The molecule has 2 rings (SSSR count). The highest BCUT2D eigenvalue weighted by atomic mass is 16.5. The molecule has 0 saturated heterocycles. The van der Waals surface area contributed by atoms with E-state index in [4.69, 9.17) is 10.00 Å². The van der Waals surface area contributed by atoms with Gasteiger partial charge in [0.15, 0.2) is 0 Å². The molecule has 0 radical (unpaired) electrons. The maximum Gasteiger partial charge on any atom is 0.131 e. The Morgan fingerprint density at radius 2 is 2.31 bits per heavy atom. The van der Waals surface area contributed by atoms with E-state index in [0.717, 1.165) is 16.9 Å². The summed E-state index contributed by atoms with van der Waals surface area (Å²) in [6, 6.07) is 8.01. The number of hydrogen-bond acceptors (Lipinski definition) is 2. The van der Waals surface area contributed by atoms with Gasteiger partial charge in [0.25, 0.3) is 0 Å². The van der Waals surface area contributed by atoms with E-state index in [1.54, 1.807) is 0 Å². The fraction of sp³-hybridized carbons (Fsp3) is 0.182. The van der Waals surface area contributed by atoms with Crippen molar-refractivity contribution in [3.8, 4) is 11.8 Å². The first-order valence-corrected chi connectivity index (χ1v) is 4.16. The molecule has 0 saturated carbocycles.